The van der Waals surface area contributed by atoms with E-state index >= 15 is 0 Å². The van der Waals surface area contributed by atoms with E-state index in [1.54, 1.807) is 24.3 Å². The van der Waals surface area contributed by atoms with Gasteiger partial charge in [0, 0.05) is 10.6 Å². The lowest BCUT2D eigenvalue weighted by molar-refractivity contribution is -0.123. The SMILES string of the molecule is Cc1ccc(N2C(=O)C3N=NN(Cc4nc(-c5cccc(Cl)c5)no4)C3C2=O)cc1C. The molecule has 2 amide bonds. The van der Waals surface area contributed by atoms with Gasteiger partial charge >= 0.3 is 0 Å². The summed E-state index contributed by atoms with van der Waals surface area (Å²) in [5.41, 5.74) is 3.31. The number of nitrogens with zero attached hydrogens (tertiary/aromatic N) is 6. The van der Waals surface area contributed by atoms with Crippen LogP contribution in [0, 0.1) is 13.8 Å². The van der Waals surface area contributed by atoms with Crippen LogP contribution in [0.15, 0.2) is 57.3 Å². The quantitative estimate of drug-likeness (QED) is 0.580. The van der Waals surface area contributed by atoms with Gasteiger partial charge in [-0.25, -0.2) is 4.90 Å². The molecule has 156 valence electrons. The minimum Gasteiger partial charge on any atom is -0.337 e. The van der Waals surface area contributed by atoms with Crippen LogP contribution in [0.2, 0.25) is 5.02 Å². The predicted octanol–water partition coefficient (Wildman–Crippen LogP) is 3.50. The molecule has 5 rings (SSSR count). The summed E-state index contributed by atoms with van der Waals surface area (Å²) in [5, 5.41) is 14.0. The second-order valence-electron chi connectivity index (χ2n) is 7.49. The number of imide groups is 1. The zero-order valence-corrected chi connectivity index (χ0v) is 17.4. The Bertz CT molecular complexity index is 1240. The highest BCUT2D eigenvalue weighted by Crippen LogP contribution is 2.33. The van der Waals surface area contributed by atoms with E-state index in [1.807, 2.05) is 32.0 Å². The number of hydrogen-bond acceptors (Lipinski definition) is 8. The third-order valence-electron chi connectivity index (χ3n) is 5.45. The molecule has 3 heterocycles. The van der Waals surface area contributed by atoms with E-state index < -0.39 is 18.0 Å². The maximum Gasteiger partial charge on any atom is 0.263 e. The normalized spacial score (nSPS) is 20.1. The summed E-state index contributed by atoms with van der Waals surface area (Å²) in [6, 6.07) is 10.8. The van der Waals surface area contributed by atoms with Crippen LogP contribution >= 0.6 is 11.6 Å². The van der Waals surface area contributed by atoms with Crippen LogP contribution < -0.4 is 4.90 Å². The highest BCUT2D eigenvalue weighted by molar-refractivity contribution is 6.30. The van der Waals surface area contributed by atoms with Crippen LogP contribution in [0.4, 0.5) is 5.69 Å². The maximum atomic E-state index is 13.1. The Morgan fingerprint density at radius 1 is 1.06 bits per heavy atom. The highest BCUT2D eigenvalue weighted by atomic mass is 35.5. The minimum absolute atomic E-state index is 0.0536. The molecule has 3 aromatic rings. The average molecular weight is 437 g/mol. The molecular formula is C21H17ClN6O3. The molecule has 0 N–H and O–H groups in total. The van der Waals surface area contributed by atoms with E-state index in [4.69, 9.17) is 16.1 Å². The van der Waals surface area contributed by atoms with Crippen molar-refractivity contribution in [3.05, 3.63) is 64.5 Å². The molecule has 10 heteroatoms. The molecule has 0 radical (unpaired) electrons. The lowest BCUT2D eigenvalue weighted by Crippen LogP contribution is -2.39. The number of hydrogen-bond donors (Lipinski definition) is 0. The molecule has 2 unspecified atom stereocenters. The molecule has 0 bridgehead atoms. The molecular weight excluding hydrogens is 420 g/mol. The van der Waals surface area contributed by atoms with Crippen molar-refractivity contribution in [1.29, 1.82) is 0 Å². The molecule has 2 atom stereocenters. The summed E-state index contributed by atoms with van der Waals surface area (Å²) < 4.78 is 5.31. The van der Waals surface area contributed by atoms with Crippen LogP contribution in [-0.2, 0) is 16.1 Å². The Hall–Kier alpha value is -3.59. The standard InChI is InChI=1S/C21H17ClN6O3/c1-11-6-7-15(8-12(11)2)28-20(29)17-18(21(28)30)27(26-24-17)10-16-23-19(25-31-16)13-4-3-5-14(22)9-13/h3-9,17-18H,10H2,1-2H3. The molecule has 0 saturated carbocycles. The Kier molecular flexibility index (Phi) is 4.55. The largest absolute Gasteiger partial charge is 0.337 e. The lowest BCUT2D eigenvalue weighted by Gasteiger charge is -2.19. The smallest absolute Gasteiger partial charge is 0.263 e. The summed E-state index contributed by atoms with van der Waals surface area (Å²) in [5.74, 6) is -0.150. The van der Waals surface area contributed by atoms with Gasteiger partial charge in [-0.3, -0.25) is 14.6 Å². The molecule has 31 heavy (non-hydrogen) atoms. The molecule has 0 aliphatic carbocycles. The first-order valence-corrected chi connectivity index (χ1v) is 10.0. The summed E-state index contributed by atoms with van der Waals surface area (Å²) in [7, 11) is 0. The zero-order valence-electron chi connectivity index (χ0n) is 16.7. The van der Waals surface area contributed by atoms with Gasteiger partial charge in [0.05, 0.1) is 5.69 Å². The fourth-order valence-electron chi connectivity index (χ4n) is 3.68. The third-order valence-corrected chi connectivity index (χ3v) is 5.69. The van der Waals surface area contributed by atoms with Crippen molar-refractivity contribution in [2.24, 2.45) is 10.3 Å². The number of anilines is 1. The number of benzene rings is 2. The summed E-state index contributed by atoms with van der Waals surface area (Å²) >= 11 is 6.02. The van der Waals surface area contributed by atoms with Gasteiger partial charge in [-0.1, -0.05) is 40.2 Å². The molecule has 1 fully saturated rings. The topological polar surface area (TPSA) is 104 Å². The molecule has 1 aromatic heterocycles. The van der Waals surface area contributed by atoms with E-state index in [0.717, 1.165) is 11.1 Å². The van der Waals surface area contributed by atoms with Crippen molar-refractivity contribution >= 4 is 29.1 Å². The number of carbonyl (C=O) groups is 2. The van der Waals surface area contributed by atoms with Gasteiger partial charge in [0.2, 0.25) is 11.7 Å². The van der Waals surface area contributed by atoms with Crippen molar-refractivity contribution < 1.29 is 14.1 Å². The van der Waals surface area contributed by atoms with Crippen molar-refractivity contribution in [3.63, 3.8) is 0 Å². The zero-order chi connectivity index (χ0) is 21.7. The van der Waals surface area contributed by atoms with Crippen LogP contribution in [0.1, 0.15) is 17.0 Å². The first-order chi connectivity index (χ1) is 14.9. The van der Waals surface area contributed by atoms with E-state index in [-0.39, 0.29) is 18.3 Å². The predicted molar refractivity (Wildman–Crippen MR) is 111 cm³/mol. The first-order valence-electron chi connectivity index (χ1n) is 9.63. The van der Waals surface area contributed by atoms with Gasteiger partial charge in [-0.05, 0) is 49.2 Å². The van der Waals surface area contributed by atoms with Gasteiger partial charge in [-0.15, -0.1) is 0 Å². The Labute approximate surface area is 182 Å². The molecule has 2 aromatic carbocycles. The number of halogens is 1. The molecule has 9 nitrogen and oxygen atoms in total. The minimum atomic E-state index is -0.885. The molecule has 2 aliphatic heterocycles. The second-order valence-corrected chi connectivity index (χ2v) is 7.93. The summed E-state index contributed by atoms with van der Waals surface area (Å²) in [6.45, 7) is 3.96. The number of aromatic nitrogens is 2. The lowest BCUT2D eigenvalue weighted by atomic mass is 10.1. The van der Waals surface area contributed by atoms with Gasteiger partial charge in [0.25, 0.3) is 11.8 Å². The Morgan fingerprint density at radius 3 is 2.68 bits per heavy atom. The Balaban J connectivity index is 1.37. The average Bonchev–Trinajstić information content (AvgIpc) is 3.43. The van der Waals surface area contributed by atoms with Crippen LogP contribution in [0.5, 0.6) is 0 Å². The first kappa shape index (κ1) is 19.4. The van der Waals surface area contributed by atoms with Gasteiger partial charge < -0.3 is 4.52 Å². The van der Waals surface area contributed by atoms with Crippen molar-refractivity contribution in [2.45, 2.75) is 32.5 Å². The number of rotatable bonds is 4. The third kappa shape index (κ3) is 3.27. The highest BCUT2D eigenvalue weighted by Gasteiger charge is 2.55. The van der Waals surface area contributed by atoms with E-state index in [9.17, 15) is 9.59 Å². The van der Waals surface area contributed by atoms with Gasteiger partial charge in [0.1, 0.15) is 6.54 Å². The summed E-state index contributed by atoms with van der Waals surface area (Å²) in [4.78, 5) is 31.5. The van der Waals surface area contributed by atoms with Crippen LogP contribution in [0.25, 0.3) is 11.4 Å². The van der Waals surface area contributed by atoms with Crippen LogP contribution in [-0.4, -0.2) is 39.0 Å². The van der Waals surface area contributed by atoms with Crippen LogP contribution in [0.3, 0.4) is 0 Å². The monoisotopic (exact) mass is 436 g/mol. The maximum absolute atomic E-state index is 13.1. The van der Waals surface area contributed by atoms with Gasteiger partial charge in [0.15, 0.2) is 12.1 Å². The number of aryl methyl sites for hydroxylation is 2. The molecule has 2 aliphatic rings. The molecule has 0 spiro atoms. The second kappa shape index (κ2) is 7.28. The van der Waals surface area contributed by atoms with E-state index in [0.29, 0.717) is 22.1 Å². The molecule has 1 saturated heterocycles. The fourth-order valence-corrected chi connectivity index (χ4v) is 3.87. The van der Waals surface area contributed by atoms with Crippen molar-refractivity contribution in [1.82, 2.24) is 15.1 Å². The van der Waals surface area contributed by atoms with E-state index in [2.05, 4.69) is 20.5 Å². The Morgan fingerprint density at radius 2 is 1.90 bits per heavy atom. The number of amides is 2. The van der Waals surface area contributed by atoms with Crippen molar-refractivity contribution in [2.75, 3.05) is 4.90 Å². The van der Waals surface area contributed by atoms with Crippen molar-refractivity contribution in [3.8, 4) is 11.4 Å². The number of fused-ring (bicyclic) bond motifs is 1. The van der Waals surface area contributed by atoms with E-state index in [1.165, 1.54) is 9.91 Å². The van der Waals surface area contributed by atoms with Gasteiger partial charge in [-0.2, -0.15) is 10.1 Å². The summed E-state index contributed by atoms with van der Waals surface area (Å²) in [6.07, 6.45) is 0. The number of carbonyl (C=O) groups excluding carboxylic acids is 2. The fraction of sp³-hybridized carbons (Fsp3) is 0.238.